The van der Waals surface area contributed by atoms with Crippen LogP contribution in [0.3, 0.4) is 0 Å². The van der Waals surface area contributed by atoms with E-state index >= 15 is 0 Å². The fraction of sp³-hybridized carbons (Fsp3) is 0.176. The number of ether oxygens (including phenoxy) is 1. The van der Waals surface area contributed by atoms with E-state index in [4.69, 9.17) is 0 Å². The van der Waals surface area contributed by atoms with E-state index in [0.717, 1.165) is 0 Å². The topological polar surface area (TPSA) is 97.4 Å². The number of aromatic nitrogens is 1. The maximum absolute atomic E-state index is 12.1. The number of rotatable bonds is 5. The second kappa shape index (κ2) is 7.87. The van der Waals surface area contributed by atoms with Gasteiger partial charge in [-0.2, -0.15) is 0 Å². The van der Waals surface area contributed by atoms with Gasteiger partial charge in [-0.15, -0.1) is 0 Å². The molecular weight excluding hydrogens is 310 g/mol. The van der Waals surface area contributed by atoms with Crippen LogP contribution >= 0.6 is 0 Å². The Bertz CT molecular complexity index is 729. The van der Waals surface area contributed by atoms with Crippen LogP contribution in [0.15, 0.2) is 48.8 Å². The summed E-state index contributed by atoms with van der Waals surface area (Å²) in [5.41, 5.74) is 1.28. The first-order chi connectivity index (χ1) is 11.5. The highest BCUT2D eigenvalue weighted by Crippen LogP contribution is 2.07. The minimum atomic E-state index is -0.731. The molecule has 0 aliphatic carbocycles. The van der Waals surface area contributed by atoms with Gasteiger partial charge in [-0.05, 0) is 43.3 Å². The smallest absolute Gasteiger partial charge is 0.337 e. The number of hydrogen-bond donors (Lipinski definition) is 2. The molecule has 2 N–H and O–H groups in total. The molecule has 0 aliphatic rings. The van der Waals surface area contributed by atoms with Gasteiger partial charge in [0, 0.05) is 23.6 Å². The Morgan fingerprint density at radius 3 is 2.17 bits per heavy atom. The van der Waals surface area contributed by atoms with E-state index in [1.807, 2.05) is 0 Å². The first-order valence-corrected chi connectivity index (χ1v) is 7.21. The summed E-state index contributed by atoms with van der Waals surface area (Å²) in [4.78, 5) is 39.4. The molecule has 1 aromatic heterocycles. The Morgan fingerprint density at radius 2 is 1.58 bits per heavy atom. The van der Waals surface area contributed by atoms with Gasteiger partial charge in [-0.1, -0.05) is 0 Å². The van der Waals surface area contributed by atoms with Gasteiger partial charge < -0.3 is 15.4 Å². The summed E-state index contributed by atoms with van der Waals surface area (Å²) < 4.78 is 4.59. The molecule has 0 saturated heterocycles. The molecule has 1 unspecified atom stereocenters. The summed E-state index contributed by atoms with van der Waals surface area (Å²) in [5.74, 6) is -1.24. The van der Waals surface area contributed by atoms with Gasteiger partial charge in [-0.3, -0.25) is 14.6 Å². The number of esters is 1. The number of hydrogen-bond acceptors (Lipinski definition) is 5. The van der Waals surface area contributed by atoms with Gasteiger partial charge in [-0.25, -0.2) is 4.79 Å². The molecular formula is C17H17N3O4. The first kappa shape index (κ1) is 17.1. The van der Waals surface area contributed by atoms with Crippen LogP contribution in [0, 0.1) is 0 Å². The number of anilines is 1. The zero-order valence-electron chi connectivity index (χ0n) is 13.3. The Hall–Kier alpha value is -3.22. The largest absolute Gasteiger partial charge is 0.465 e. The minimum Gasteiger partial charge on any atom is -0.465 e. The molecule has 7 heteroatoms. The van der Waals surface area contributed by atoms with E-state index < -0.39 is 17.9 Å². The second-order valence-electron chi connectivity index (χ2n) is 4.99. The van der Waals surface area contributed by atoms with Crippen molar-refractivity contribution in [3.05, 3.63) is 59.9 Å². The number of carbonyl (C=O) groups is 3. The summed E-state index contributed by atoms with van der Waals surface area (Å²) >= 11 is 0. The monoisotopic (exact) mass is 327 g/mol. The number of amides is 2. The standard InChI is InChI=1S/C17H17N3O4/c1-11(15(21)20-14-7-9-18-10-8-14)19-16(22)12-3-5-13(6-4-12)17(23)24-2/h3-11H,1-2H3,(H,19,22)(H,18,20,21). The van der Waals surface area contributed by atoms with Crippen LogP contribution in [0.5, 0.6) is 0 Å². The summed E-state index contributed by atoms with van der Waals surface area (Å²) in [6.45, 7) is 1.58. The average Bonchev–Trinajstić information content (AvgIpc) is 2.61. The van der Waals surface area contributed by atoms with Gasteiger partial charge in [0.1, 0.15) is 6.04 Å². The maximum Gasteiger partial charge on any atom is 0.337 e. The number of nitrogens with one attached hydrogen (secondary N) is 2. The Kier molecular flexibility index (Phi) is 5.62. The van der Waals surface area contributed by atoms with E-state index in [-0.39, 0.29) is 5.91 Å². The van der Waals surface area contributed by atoms with Gasteiger partial charge in [0.05, 0.1) is 12.7 Å². The van der Waals surface area contributed by atoms with Gasteiger partial charge in [0.25, 0.3) is 5.91 Å². The van der Waals surface area contributed by atoms with Crippen molar-refractivity contribution in [1.82, 2.24) is 10.3 Å². The van der Waals surface area contributed by atoms with Gasteiger partial charge in [0.2, 0.25) is 5.91 Å². The lowest BCUT2D eigenvalue weighted by molar-refractivity contribution is -0.117. The number of pyridine rings is 1. The lowest BCUT2D eigenvalue weighted by Gasteiger charge is -2.14. The Morgan fingerprint density at radius 1 is 1.00 bits per heavy atom. The van der Waals surface area contributed by atoms with Crippen LogP contribution in [0.2, 0.25) is 0 Å². The summed E-state index contributed by atoms with van der Waals surface area (Å²) in [5, 5.41) is 5.27. The van der Waals surface area contributed by atoms with Gasteiger partial charge >= 0.3 is 5.97 Å². The molecule has 0 radical (unpaired) electrons. The van der Waals surface area contributed by atoms with Crippen molar-refractivity contribution in [3.8, 4) is 0 Å². The highest BCUT2D eigenvalue weighted by Gasteiger charge is 2.17. The summed E-state index contributed by atoms with van der Waals surface area (Å²) in [7, 11) is 1.28. The second-order valence-corrected chi connectivity index (χ2v) is 4.99. The van der Waals surface area contributed by atoms with E-state index in [1.165, 1.54) is 31.4 Å². The van der Waals surface area contributed by atoms with E-state index in [1.54, 1.807) is 31.5 Å². The molecule has 0 fully saturated rings. The molecule has 1 aromatic carbocycles. The highest BCUT2D eigenvalue weighted by molar-refractivity contribution is 6.01. The lowest BCUT2D eigenvalue weighted by atomic mass is 10.1. The molecule has 0 spiro atoms. The van der Waals surface area contributed by atoms with Crippen LogP contribution in [-0.2, 0) is 9.53 Å². The number of carbonyl (C=O) groups excluding carboxylic acids is 3. The van der Waals surface area contributed by atoms with Crippen molar-refractivity contribution in [2.45, 2.75) is 13.0 Å². The van der Waals surface area contributed by atoms with Gasteiger partial charge in [0.15, 0.2) is 0 Å². The maximum atomic E-state index is 12.1. The van der Waals surface area contributed by atoms with Crippen molar-refractivity contribution in [1.29, 1.82) is 0 Å². The SMILES string of the molecule is COC(=O)c1ccc(C(=O)NC(C)C(=O)Nc2ccncc2)cc1. The Labute approximate surface area is 139 Å². The van der Waals surface area contributed by atoms with Crippen LogP contribution < -0.4 is 10.6 Å². The minimum absolute atomic E-state index is 0.339. The predicted molar refractivity (Wildman–Crippen MR) is 87.6 cm³/mol. The highest BCUT2D eigenvalue weighted by atomic mass is 16.5. The molecule has 2 amide bonds. The predicted octanol–water partition coefficient (Wildman–Crippen LogP) is 1.63. The average molecular weight is 327 g/mol. The molecule has 24 heavy (non-hydrogen) atoms. The molecule has 0 saturated carbocycles. The molecule has 2 rings (SSSR count). The zero-order valence-corrected chi connectivity index (χ0v) is 13.3. The summed E-state index contributed by atoms with van der Waals surface area (Å²) in [6, 6.07) is 8.54. The van der Waals surface area contributed by atoms with Crippen molar-refractivity contribution in [2.75, 3.05) is 12.4 Å². The van der Waals surface area contributed by atoms with Crippen LogP contribution in [0.1, 0.15) is 27.6 Å². The van der Waals surface area contributed by atoms with Crippen molar-refractivity contribution in [3.63, 3.8) is 0 Å². The van der Waals surface area contributed by atoms with Crippen molar-refractivity contribution >= 4 is 23.5 Å². The van der Waals surface area contributed by atoms with E-state index in [9.17, 15) is 14.4 Å². The number of methoxy groups -OCH3 is 1. The molecule has 1 heterocycles. The molecule has 1 atom stereocenters. The molecule has 7 nitrogen and oxygen atoms in total. The molecule has 2 aromatic rings. The quantitative estimate of drug-likeness (QED) is 0.813. The number of benzene rings is 1. The summed E-state index contributed by atoms with van der Waals surface area (Å²) in [6.07, 6.45) is 3.11. The fourth-order valence-electron chi connectivity index (χ4n) is 1.91. The molecule has 124 valence electrons. The third kappa shape index (κ3) is 4.39. The van der Waals surface area contributed by atoms with E-state index in [0.29, 0.717) is 16.8 Å². The Balaban J connectivity index is 1.95. The van der Waals surface area contributed by atoms with Crippen LogP contribution in [0.4, 0.5) is 5.69 Å². The molecule has 0 aliphatic heterocycles. The lowest BCUT2D eigenvalue weighted by Crippen LogP contribution is -2.41. The fourth-order valence-corrected chi connectivity index (χ4v) is 1.91. The van der Waals surface area contributed by atoms with Crippen LogP contribution in [-0.4, -0.2) is 35.9 Å². The normalized spacial score (nSPS) is 11.2. The molecule has 0 bridgehead atoms. The van der Waals surface area contributed by atoms with E-state index in [2.05, 4.69) is 20.4 Å². The van der Waals surface area contributed by atoms with Crippen molar-refractivity contribution in [2.24, 2.45) is 0 Å². The van der Waals surface area contributed by atoms with Crippen LogP contribution in [0.25, 0.3) is 0 Å². The number of nitrogens with zero attached hydrogens (tertiary/aromatic N) is 1. The van der Waals surface area contributed by atoms with Crippen molar-refractivity contribution < 1.29 is 19.1 Å². The third-order valence-corrected chi connectivity index (χ3v) is 3.26. The zero-order chi connectivity index (χ0) is 17.5. The first-order valence-electron chi connectivity index (χ1n) is 7.21. The third-order valence-electron chi connectivity index (χ3n) is 3.26.